The molecule has 0 spiro atoms. The van der Waals surface area contributed by atoms with E-state index < -0.39 is 6.10 Å². The van der Waals surface area contributed by atoms with Crippen LogP contribution in [-0.2, 0) is 4.79 Å². The van der Waals surface area contributed by atoms with E-state index in [2.05, 4.69) is 5.32 Å². The van der Waals surface area contributed by atoms with Gasteiger partial charge in [0.2, 0.25) is 0 Å². The number of carbonyl (C=O) groups is 1. The van der Waals surface area contributed by atoms with Crippen LogP contribution in [0.5, 0.6) is 0 Å². The van der Waals surface area contributed by atoms with Gasteiger partial charge in [-0.15, -0.1) is 0 Å². The third-order valence-corrected chi connectivity index (χ3v) is 2.34. The van der Waals surface area contributed by atoms with Gasteiger partial charge in [-0.05, 0) is 26.7 Å². The second-order valence-electron chi connectivity index (χ2n) is 3.66. The molecular weight excluding hydrogens is 166 g/mol. The predicted octanol–water partition coefficient (Wildman–Crippen LogP) is 0.982. The monoisotopic (exact) mass is 183 g/mol. The van der Waals surface area contributed by atoms with E-state index in [1.54, 1.807) is 13.0 Å². The Morgan fingerprint density at radius 1 is 1.46 bits per heavy atom. The minimum Gasteiger partial charge on any atom is -0.391 e. The van der Waals surface area contributed by atoms with Crippen molar-refractivity contribution < 1.29 is 9.90 Å². The number of carbonyl (C=O) groups excluding carboxylic acids is 1. The summed E-state index contributed by atoms with van der Waals surface area (Å²) in [6, 6.07) is 0.0112. The lowest BCUT2D eigenvalue weighted by atomic mass is 10.0. The van der Waals surface area contributed by atoms with Crippen LogP contribution < -0.4 is 5.32 Å². The molecule has 2 N–H and O–H groups in total. The maximum Gasteiger partial charge on any atom is 0.157 e. The van der Waals surface area contributed by atoms with Crippen molar-refractivity contribution in [3.05, 3.63) is 11.8 Å². The van der Waals surface area contributed by atoms with E-state index in [-0.39, 0.29) is 11.8 Å². The molecule has 0 aliphatic heterocycles. The van der Waals surface area contributed by atoms with Crippen molar-refractivity contribution in [2.75, 3.05) is 0 Å². The van der Waals surface area contributed by atoms with Gasteiger partial charge < -0.3 is 10.4 Å². The van der Waals surface area contributed by atoms with Gasteiger partial charge in [-0.3, -0.25) is 4.79 Å². The summed E-state index contributed by atoms with van der Waals surface area (Å²) in [6.45, 7) is 3.65. The van der Waals surface area contributed by atoms with Crippen LogP contribution in [0.4, 0.5) is 0 Å². The molecular formula is C10H17NO2. The molecule has 0 bridgehead atoms. The Hall–Kier alpha value is -0.830. The standard InChI is InChI=1S/C10H17NO2/c1-7(8(2)12)11-9-4-3-5-10(13)6-9/h6-8,11-12H,3-5H2,1-2H3. The fourth-order valence-electron chi connectivity index (χ4n) is 1.32. The van der Waals surface area contributed by atoms with E-state index in [4.69, 9.17) is 0 Å². The van der Waals surface area contributed by atoms with E-state index in [1.165, 1.54) is 0 Å². The molecule has 0 amide bonds. The molecule has 74 valence electrons. The van der Waals surface area contributed by atoms with Crippen molar-refractivity contribution in [1.82, 2.24) is 5.32 Å². The lowest BCUT2D eigenvalue weighted by Crippen LogP contribution is -2.35. The Balaban J connectivity index is 2.48. The molecule has 3 heteroatoms. The number of hydrogen-bond acceptors (Lipinski definition) is 3. The van der Waals surface area contributed by atoms with Crippen molar-refractivity contribution in [1.29, 1.82) is 0 Å². The van der Waals surface area contributed by atoms with Crippen molar-refractivity contribution in [3.8, 4) is 0 Å². The van der Waals surface area contributed by atoms with E-state index >= 15 is 0 Å². The van der Waals surface area contributed by atoms with Gasteiger partial charge in [-0.25, -0.2) is 0 Å². The number of aliphatic hydroxyl groups excluding tert-OH is 1. The number of nitrogens with one attached hydrogen (secondary N) is 1. The van der Waals surface area contributed by atoms with E-state index in [9.17, 15) is 9.90 Å². The first-order valence-corrected chi connectivity index (χ1v) is 4.77. The molecule has 2 unspecified atom stereocenters. The molecule has 0 aromatic heterocycles. The maximum absolute atomic E-state index is 11.0. The predicted molar refractivity (Wildman–Crippen MR) is 51.2 cm³/mol. The fourth-order valence-corrected chi connectivity index (χ4v) is 1.32. The Morgan fingerprint density at radius 3 is 2.69 bits per heavy atom. The number of ketones is 1. The average molecular weight is 183 g/mol. The highest BCUT2D eigenvalue weighted by molar-refractivity contribution is 5.91. The maximum atomic E-state index is 11.0. The normalized spacial score (nSPS) is 22.1. The summed E-state index contributed by atoms with van der Waals surface area (Å²) in [5, 5.41) is 12.4. The SMILES string of the molecule is CC(O)C(C)NC1=CC(=O)CCC1. The van der Waals surface area contributed by atoms with E-state index in [0.29, 0.717) is 6.42 Å². The molecule has 0 aromatic rings. The summed E-state index contributed by atoms with van der Waals surface area (Å²) in [5.74, 6) is 0.187. The van der Waals surface area contributed by atoms with Crippen LogP contribution in [0.15, 0.2) is 11.8 Å². The topological polar surface area (TPSA) is 49.3 Å². The second kappa shape index (κ2) is 4.42. The number of hydrogen-bond donors (Lipinski definition) is 2. The minimum absolute atomic E-state index is 0.0112. The molecule has 0 aromatic carbocycles. The Morgan fingerprint density at radius 2 is 2.15 bits per heavy atom. The Bertz CT molecular complexity index is 221. The van der Waals surface area contributed by atoms with Crippen molar-refractivity contribution >= 4 is 5.78 Å². The first-order chi connectivity index (χ1) is 6.09. The second-order valence-corrected chi connectivity index (χ2v) is 3.66. The van der Waals surface area contributed by atoms with Crippen LogP contribution in [-0.4, -0.2) is 23.0 Å². The van der Waals surface area contributed by atoms with Gasteiger partial charge >= 0.3 is 0 Å². The summed E-state index contributed by atoms with van der Waals surface area (Å²) in [4.78, 5) is 11.0. The average Bonchev–Trinajstić information content (AvgIpc) is 2.04. The molecule has 3 nitrogen and oxygen atoms in total. The first kappa shape index (κ1) is 10.3. The smallest absolute Gasteiger partial charge is 0.157 e. The van der Waals surface area contributed by atoms with Crippen LogP contribution in [0.2, 0.25) is 0 Å². The first-order valence-electron chi connectivity index (χ1n) is 4.77. The number of allylic oxidation sites excluding steroid dienone is 2. The molecule has 13 heavy (non-hydrogen) atoms. The lowest BCUT2D eigenvalue weighted by Gasteiger charge is -2.21. The van der Waals surface area contributed by atoms with Gasteiger partial charge in [-0.2, -0.15) is 0 Å². The Kier molecular flexibility index (Phi) is 3.48. The Labute approximate surface area is 78.8 Å². The van der Waals surface area contributed by atoms with Gasteiger partial charge in [-0.1, -0.05) is 0 Å². The summed E-state index contributed by atoms with van der Waals surface area (Å²) in [5.41, 5.74) is 0.963. The zero-order valence-corrected chi connectivity index (χ0v) is 8.21. The highest BCUT2D eigenvalue weighted by atomic mass is 16.3. The zero-order chi connectivity index (χ0) is 9.84. The van der Waals surface area contributed by atoms with Crippen LogP contribution >= 0.6 is 0 Å². The van der Waals surface area contributed by atoms with Gasteiger partial charge in [0.15, 0.2) is 5.78 Å². The third kappa shape index (κ3) is 3.19. The molecule has 0 saturated carbocycles. The molecule has 1 rings (SSSR count). The molecule has 0 radical (unpaired) electrons. The molecule has 1 aliphatic rings. The number of rotatable bonds is 3. The molecule has 0 saturated heterocycles. The van der Waals surface area contributed by atoms with Gasteiger partial charge in [0, 0.05) is 24.2 Å². The largest absolute Gasteiger partial charge is 0.391 e. The minimum atomic E-state index is -0.391. The van der Waals surface area contributed by atoms with Gasteiger partial charge in [0.05, 0.1) is 6.10 Å². The third-order valence-electron chi connectivity index (χ3n) is 2.34. The van der Waals surface area contributed by atoms with Crippen LogP contribution in [0.3, 0.4) is 0 Å². The summed E-state index contributed by atoms with van der Waals surface area (Å²) in [7, 11) is 0. The fraction of sp³-hybridized carbons (Fsp3) is 0.700. The highest BCUT2D eigenvalue weighted by Gasteiger charge is 2.13. The van der Waals surface area contributed by atoms with Gasteiger partial charge in [0.25, 0.3) is 0 Å². The molecule has 2 atom stereocenters. The summed E-state index contributed by atoms with van der Waals surface area (Å²) >= 11 is 0. The van der Waals surface area contributed by atoms with Crippen LogP contribution in [0, 0.1) is 0 Å². The molecule has 1 aliphatic carbocycles. The summed E-state index contributed by atoms with van der Waals surface area (Å²) < 4.78 is 0. The van der Waals surface area contributed by atoms with Crippen LogP contribution in [0.25, 0.3) is 0 Å². The van der Waals surface area contributed by atoms with Crippen molar-refractivity contribution in [3.63, 3.8) is 0 Å². The van der Waals surface area contributed by atoms with Gasteiger partial charge in [0.1, 0.15) is 0 Å². The molecule has 0 heterocycles. The summed E-state index contributed by atoms with van der Waals surface area (Å²) in [6.07, 6.45) is 3.77. The van der Waals surface area contributed by atoms with E-state index in [0.717, 1.165) is 18.5 Å². The van der Waals surface area contributed by atoms with Crippen LogP contribution in [0.1, 0.15) is 33.1 Å². The van der Waals surface area contributed by atoms with Crippen molar-refractivity contribution in [2.45, 2.75) is 45.3 Å². The van der Waals surface area contributed by atoms with Crippen molar-refractivity contribution in [2.24, 2.45) is 0 Å². The highest BCUT2D eigenvalue weighted by Crippen LogP contribution is 2.13. The molecule has 0 fully saturated rings. The number of aliphatic hydroxyl groups is 1. The zero-order valence-electron chi connectivity index (χ0n) is 8.21. The lowest BCUT2D eigenvalue weighted by molar-refractivity contribution is -0.115. The van der Waals surface area contributed by atoms with E-state index in [1.807, 2.05) is 6.92 Å². The quantitative estimate of drug-likeness (QED) is 0.685.